The highest BCUT2D eigenvalue weighted by Gasteiger charge is 2.21. The van der Waals surface area contributed by atoms with Crippen LogP contribution < -0.4 is 0 Å². The van der Waals surface area contributed by atoms with Gasteiger partial charge in [-0.1, -0.05) is 23.4 Å². The molecule has 1 aliphatic rings. The smallest absolute Gasteiger partial charge is 0.276 e. The second-order valence-electron chi connectivity index (χ2n) is 6.74. The lowest BCUT2D eigenvalue weighted by Crippen LogP contribution is -2.47. The molecular weight excluding hydrogens is 406 g/mol. The Labute approximate surface area is 176 Å². The molecule has 0 aliphatic carbocycles. The van der Waals surface area contributed by atoms with Crippen LogP contribution in [0.5, 0.6) is 0 Å². The van der Waals surface area contributed by atoms with E-state index in [9.17, 15) is 14.9 Å². The minimum Gasteiger partial charge on any atom is -0.337 e. The molecule has 0 unspecified atom stereocenters. The van der Waals surface area contributed by atoms with Crippen molar-refractivity contribution in [2.75, 3.05) is 26.2 Å². The maximum Gasteiger partial charge on any atom is 0.276 e. The van der Waals surface area contributed by atoms with Crippen LogP contribution in [0.2, 0.25) is 0 Å². The maximum atomic E-state index is 12.5. The zero-order chi connectivity index (χ0) is 20.9. The average molecular weight is 425 g/mol. The number of hydrogen-bond donors (Lipinski definition) is 0. The van der Waals surface area contributed by atoms with Crippen molar-refractivity contribution in [3.05, 3.63) is 69.4 Å². The molecule has 1 amide bonds. The van der Waals surface area contributed by atoms with Crippen LogP contribution in [0.3, 0.4) is 0 Å². The monoisotopic (exact) mass is 425 g/mol. The molecule has 3 aromatic rings. The molecular formula is C20H19N5O4S. The van der Waals surface area contributed by atoms with Crippen LogP contribution in [0, 0.1) is 10.1 Å². The van der Waals surface area contributed by atoms with Crippen molar-refractivity contribution in [1.82, 2.24) is 19.9 Å². The molecule has 3 heterocycles. The van der Waals surface area contributed by atoms with E-state index >= 15 is 0 Å². The molecule has 0 bridgehead atoms. The fraction of sp³-hybridized carbons (Fsp3) is 0.250. The van der Waals surface area contributed by atoms with Crippen molar-refractivity contribution < 1.29 is 14.2 Å². The summed E-state index contributed by atoms with van der Waals surface area (Å²) >= 11 is 1.55. The molecule has 2 aromatic heterocycles. The molecule has 154 valence electrons. The van der Waals surface area contributed by atoms with Gasteiger partial charge in [-0.25, -0.2) is 0 Å². The number of rotatable bonds is 6. The highest BCUT2D eigenvalue weighted by Crippen LogP contribution is 2.23. The molecule has 4 rings (SSSR count). The van der Waals surface area contributed by atoms with E-state index in [1.165, 1.54) is 18.2 Å². The van der Waals surface area contributed by atoms with E-state index < -0.39 is 4.92 Å². The number of nitro groups is 1. The largest absolute Gasteiger partial charge is 0.337 e. The number of benzene rings is 1. The fourth-order valence-electron chi connectivity index (χ4n) is 3.21. The van der Waals surface area contributed by atoms with Crippen LogP contribution >= 0.6 is 11.3 Å². The standard InChI is InChI=1S/C20H19N5O4S/c26-19(8-7-15-4-1-2-5-16(15)25(27)28)24-11-9-23(10-12-24)14-18-21-20(29-22-18)17-6-3-13-30-17/h1-8,13H,9-12,14H2/b8-7+. The Morgan fingerprint density at radius 2 is 2.00 bits per heavy atom. The van der Waals surface area contributed by atoms with E-state index in [1.54, 1.807) is 34.4 Å². The van der Waals surface area contributed by atoms with Gasteiger partial charge in [0.2, 0.25) is 5.91 Å². The van der Waals surface area contributed by atoms with E-state index in [0.717, 1.165) is 4.88 Å². The van der Waals surface area contributed by atoms with E-state index in [2.05, 4.69) is 15.0 Å². The molecule has 0 radical (unpaired) electrons. The fourth-order valence-corrected chi connectivity index (χ4v) is 3.85. The van der Waals surface area contributed by atoms with Gasteiger partial charge in [0.05, 0.1) is 21.9 Å². The van der Waals surface area contributed by atoms with E-state index in [4.69, 9.17) is 4.52 Å². The topological polar surface area (TPSA) is 106 Å². The van der Waals surface area contributed by atoms with Gasteiger partial charge in [0, 0.05) is 38.3 Å². The Morgan fingerprint density at radius 3 is 2.73 bits per heavy atom. The summed E-state index contributed by atoms with van der Waals surface area (Å²) < 4.78 is 5.31. The third kappa shape index (κ3) is 4.61. The van der Waals surface area contributed by atoms with Gasteiger partial charge >= 0.3 is 0 Å². The molecule has 1 aromatic carbocycles. The summed E-state index contributed by atoms with van der Waals surface area (Å²) in [5.41, 5.74) is 0.390. The number of piperazine rings is 1. The van der Waals surface area contributed by atoms with Crippen LogP contribution in [0.1, 0.15) is 11.4 Å². The van der Waals surface area contributed by atoms with E-state index in [0.29, 0.717) is 50.0 Å². The lowest BCUT2D eigenvalue weighted by Gasteiger charge is -2.33. The second-order valence-corrected chi connectivity index (χ2v) is 7.69. The molecule has 0 atom stereocenters. The third-order valence-electron chi connectivity index (χ3n) is 4.79. The molecule has 0 spiro atoms. The van der Waals surface area contributed by atoms with Gasteiger partial charge in [-0.2, -0.15) is 4.98 Å². The van der Waals surface area contributed by atoms with Crippen molar-refractivity contribution in [2.24, 2.45) is 0 Å². The highest BCUT2D eigenvalue weighted by atomic mass is 32.1. The van der Waals surface area contributed by atoms with Crippen molar-refractivity contribution >= 4 is 29.0 Å². The number of amides is 1. The summed E-state index contributed by atoms with van der Waals surface area (Å²) in [7, 11) is 0. The molecule has 9 nitrogen and oxygen atoms in total. The van der Waals surface area contributed by atoms with Crippen molar-refractivity contribution in [3.63, 3.8) is 0 Å². The lowest BCUT2D eigenvalue weighted by atomic mass is 10.1. The van der Waals surface area contributed by atoms with Gasteiger partial charge in [-0.05, 0) is 23.6 Å². The molecule has 30 heavy (non-hydrogen) atoms. The number of hydrogen-bond acceptors (Lipinski definition) is 8. The first kappa shape index (κ1) is 19.9. The number of nitrogens with zero attached hydrogens (tertiary/aromatic N) is 5. The number of nitro benzene ring substituents is 1. The summed E-state index contributed by atoms with van der Waals surface area (Å²) in [5.74, 6) is 0.982. The summed E-state index contributed by atoms with van der Waals surface area (Å²) in [6, 6.07) is 10.2. The second kappa shape index (κ2) is 8.97. The van der Waals surface area contributed by atoms with Gasteiger partial charge in [-0.15, -0.1) is 11.3 Å². The molecule has 0 N–H and O–H groups in total. The van der Waals surface area contributed by atoms with Gasteiger partial charge in [0.25, 0.3) is 11.6 Å². The molecule has 0 saturated carbocycles. The number of carbonyl (C=O) groups excluding carboxylic acids is 1. The zero-order valence-electron chi connectivity index (χ0n) is 16.0. The predicted octanol–water partition coefficient (Wildman–Crippen LogP) is 3.06. The van der Waals surface area contributed by atoms with Crippen molar-refractivity contribution in [3.8, 4) is 10.8 Å². The average Bonchev–Trinajstić information content (AvgIpc) is 3.45. The van der Waals surface area contributed by atoms with Crippen LogP contribution in [0.4, 0.5) is 5.69 Å². The van der Waals surface area contributed by atoms with E-state index in [1.807, 2.05) is 17.5 Å². The summed E-state index contributed by atoms with van der Waals surface area (Å²) in [6.07, 6.45) is 2.89. The van der Waals surface area contributed by atoms with Crippen LogP contribution in [0.25, 0.3) is 16.8 Å². The van der Waals surface area contributed by atoms with Crippen LogP contribution in [-0.2, 0) is 11.3 Å². The van der Waals surface area contributed by atoms with Crippen LogP contribution in [-0.4, -0.2) is 56.9 Å². The SMILES string of the molecule is O=C(/C=C/c1ccccc1[N+](=O)[O-])N1CCN(Cc2noc(-c3cccs3)n2)CC1. The Hall–Kier alpha value is -3.37. The Bertz CT molecular complexity index is 1050. The number of carbonyl (C=O) groups is 1. The predicted molar refractivity (Wildman–Crippen MR) is 112 cm³/mol. The summed E-state index contributed by atoms with van der Waals surface area (Å²) in [6.45, 7) is 3.07. The summed E-state index contributed by atoms with van der Waals surface area (Å²) in [4.78, 5) is 32.4. The van der Waals surface area contributed by atoms with Crippen molar-refractivity contribution in [1.29, 1.82) is 0 Å². The minimum atomic E-state index is -0.454. The zero-order valence-corrected chi connectivity index (χ0v) is 16.8. The van der Waals surface area contributed by atoms with Gasteiger partial charge < -0.3 is 9.42 Å². The molecule has 1 fully saturated rings. The number of aromatic nitrogens is 2. The quantitative estimate of drug-likeness (QED) is 0.339. The normalized spacial score (nSPS) is 15.0. The molecule has 1 saturated heterocycles. The highest BCUT2D eigenvalue weighted by molar-refractivity contribution is 7.13. The first-order valence-electron chi connectivity index (χ1n) is 9.39. The Morgan fingerprint density at radius 1 is 1.20 bits per heavy atom. The Balaban J connectivity index is 1.30. The first-order chi connectivity index (χ1) is 14.6. The minimum absolute atomic E-state index is 0.0200. The van der Waals surface area contributed by atoms with Gasteiger partial charge in [0.15, 0.2) is 5.82 Å². The van der Waals surface area contributed by atoms with Crippen LogP contribution in [0.15, 0.2) is 52.4 Å². The number of thiophene rings is 1. The third-order valence-corrected chi connectivity index (χ3v) is 5.65. The van der Waals surface area contributed by atoms with E-state index in [-0.39, 0.29) is 11.6 Å². The summed E-state index contributed by atoms with van der Waals surface area (Å²) in [5, 5.41) is 17.1. The van der Waals surface area contributed by atoms with Gasteiger partial charge in [-0.3, -0.25) is 19.8 Å². The lowest BCUT2D eigenvalue weighted by molar-refractivity contribution is -0.385. The van der Waals surface area contributed by atoms with Gasteiger partial charge in [0.1, 0.15) is 0 Å². The molecule has 1 aliphatic heterocycles. The first-order valence-corrected chi connectivity index (χ1v) is 10.3. The van der Waals surface area contributed by atoms with Crippen molar-refractivity contribution in [2.45, 2.75) is 6.54 Å². The number of para-hydroxylation sites is 1. The Kier molecular flexibility index (Phi) is 5.96. The molecule has 10 heteroatoms. The maximum absolute atomic E-state index is 12.5.